The molecular weight excluding hydrogens is 324 g/mol. The van der Waals surface area contributed by atoms with Crippen LogP contribution in [0.15, 0.2) is 30.5 Å². The van der Waals surface area contributed by atoms with Crippen LogP contribution < -0.4 is 5.32 Å². The first kappa shape index (κ1) is 16.9. The van der Waals surface area contributed by atoms with Crippen molar-refractivity contribution in [2.24, 2.45) is 0 Å². The highest BCUT2D eigenvalue weighted by Crippen LogP contribution is 2.25. The molecule has 4 rings (SSSR count). The number of carbonyl (C=O) groups excluding carboxylic acids is 1. The van der Waals surface area contributed by atoms with Gasteiger partial charge in [-0.25, -0.2) is 4.79 Å². The standard InChI is InChI=1S/C21H26N4O/c1-14-9-15(2)11-18(10-14)16-5-7-25(8-6-16)21(26)23-19-4-3-17-13-22-24-20(17)12-19/h5,9-11,13,19H,3-4,6-8,12H2,1-2H3,(H,22,24)(H,23,26). The predicted octanol–water partition coefficient (Wildman–Crippen LogP) is 3.38. The zero-order valence-corrected chi connectivity index (χ0v) is 15.5. The van der Waals surface area contributed by atoms with Gasteiger partial charge in [-0.15, -0.1) is 0 Å². The molecule has 1 unspecified atom stereocenters. The fraction of sp³-hybridized carbons (Fsp3) is 0.429. The first-order valence-corrected chi connectivity index (χ1v) is 9.43. The summed E-state index contributed by atoms with van der Waals surface area (Å²) in [6.07, 6.45) is 7.82. The van der Waals surface area contributed by atoms with Crippen LogP contribution in [-0.2, 0) is 12.8 Å². The van der Waals surface area contributed by atoms with Gasteiger partial charge in [0.1, 0.15) is 0 Å². The molecule has 0 spiro atoms. The summed E-state index contributed by atoms with van der Waals surface area (Å²) in [5.74, 6) is 0. The fourth-order valence-corrected chi connectivity index (χ4v) is 4.07. The summed E-state index contributed by atoms with van der Waals surface area (Å²) in [6, 6.07) is 6.91. The molecule has 5 nitrogen and oxygen atoms in total. The summed E-state index contributed by atoms with van der Waals surface area (Å²) in [7, 11) is 0. The summed E-state index contributed by atoms with van der Waals surface area (Å²) in [6.45, 7) is 5.71. The molecule has 1 aromatic heterocycles. The molecule has 2 aliphatic rings. The van der Waals surface area contributed by atoms with E-state index in [1.807, 2.05) is 11.1 Å². The van der Waals surface area contributed by atoms with Crippen LogP contribution in [0.5, 0.6) is 0 Å². The molecule has 2 amide bonds. The largest absolute Gasteiger partial charge is 0.335 e. The van der Waals surface area contributed by atoms with Crippen LogP contribution in [0.3, 0.4) is 0 Å². The number of benzene rings is 1. The van der Waals surface area contributed by atoms with E-state index < -0.39 is 0 Å². The smallest absolute Gasteiger partial charge is 0.317 e. The van der Waals surface area contributed by atoms with E-state index in [2.05, 4.69) is 53.6 Å². The van der Waals surface area contributed by atoms with Crippen LogP contribution in [0.25, 0.3) is 5.57 Å². The van der Waals surface area contributed by atoms with E-state index in [-0.39, 0.29) is 12.1 Å². The maximum absolute atomic E-state index is 12.6. The molecule has 2 heterocycles. The van der Waals surface area contributed by atoms with E-state index in [0.717, 1.165) is 37.9 Å². The summed E-state index contributed by atoms with van der Waals surface area (Å²) in [5, 5.41) is 10.4. The monoisotopic (exact) mass is 350 g/mol. The number of hydrogen-bond donors (Lipinski definition) is 2. The average Bonchev–Trinajstić information content (AvgIpc) is 3.09. The Labute approximate surface area is 154 Å². The molecule has 0 radical (unpaired) electrons. The maximum Gasteiger partial charge on any atom is 0.317 e. The van der Waals surface area contributed by atoms with Gasteiger partial charge in [-0.05, 0) is 49.8 Å². The van der Waals surface area contributed by atoms with E-state index in [9.17, 15) is 4.79 Å². The third kappa shape index (κ3) is 3.52. The van der Waals surface area contributed by atoms with Gasteiger partial charge >= 0.3 is 6.03 Å². The summed E-state index contributed by atoms with van der Waals surface area (Å²) in [5.41, 5.74) is 7.67. The summed E-state index contributed by atoms with van der Waals surface area (Å²) >= 11 is 0. The van der Waals surface area contributed by atoms with Gasteiger partial charge in [-0.2, -0.15) is 5.10 Å². The number of amides is 2. The number of rotatable bonds is 2. The number of aromatic nitrogens is 2. The lowest BCUT2D eigenvalue weighted by molar-refractivity contribution is 0.197. The summed E-state index contributed by atoms with van der Waals surface area (Å²) < 4.78 is 0. The van der Waals surface area contributed by atoms with Crippen molar-refractivity contribution in [2.45, 2.75) is 45.6 Å². The van der Waals surface area contributed by atoms with E-state index in [1.165, 1.54) is 27.8 Å². The zero-order valence-electron chi connectivity index (χ0n) is 15.5. The van der Waals surface area contributed by atoms with Gasteiger partial charge in [0.05, 0.1) is 6.20 Å². The first-order chi connectivity index (χ1) is 12.6. The first-order valence-electron chi connectivity index (χ1n) is 9.43. The molecule has 1 aliphatic carbocycles. The van der Waals surface area contributed by atoms with Crippen LogP contribution in [0.2, 0.25) is 0 Å². The second-order valence-electron chi connectivity index (χ2n) is 7.56. The predicted molar refractivity (Wildman–Crippen MR) is 103 cm³/mol. The van der Waals surface area contributed by atoms with Gasteiger partial charge in [0.2, 0.25) is 0 Å². The number of H-pyrrole nitrogens is 1. The van der Waals surface area contributed by atoms with Crippen molar-refractivity contribution in [2.75, 3.05) is 13.1 Å². The Morgan fingerprint density at radius 2 is 2.04 bits per heavy atom. The minimum atomic E-state index is 0.0497. The van der Waals surface area contributed by atoms with Gasteiger partial charge in [0.25, 0.3) is 0 Å². The second kappa shape index (κ2) is 6.98. The molecule has 136 valence electrons. The highest BCUT2D eigenvalue weighted by molar-refractivity contribution is 5.77. The van der Waals surface area contributed by atoms with Gasteiger partial charge in [0, 0.05) is 31.2 Å². The molecule has 0 saturated carbocycles. The van der Waals surface area contributed by atoms with Crippen LogP contribution >= 0.6 is 0 Å². The molecule has 0 fully saturated rings. The highest BCUT2D eigenvalue weighted by Gasteiger charge is 2.24. The Bertz CT molecular complexity index is 831. The lowest BCUT2D eigenvalue weighted by atomic mass is 9.94. The van der Waals surface area contributed by atoms with Crippen molar-refractivity contribution in [1.29, 1.82) is 0 Å². The lowest BCUT2D eigenvalue weighted by Crippen LogP contribution is -2.47. The van der Waals surface area contributed by atoms with E-state index in [1.54, 1.807) is 0 Å². The number of fused-ring (bicyclic) bond motifs is 1. The second-order valence-corrected chi connectivity index (χ2v) is 7.56. The molecular formula is C21H26N4O. The van der Waals surface area contributed by atoms with E-state index in [0.29, 0.717) is 6.54 Å². The lowest BCUT2D eigenvalue weighted by Gasteiger charge is -2.30. The van der Waals surface area contributed by atoms with E-state index >= 15 is 0 Å². The van der Waals surface area contributed by atoms with Crippen LogP contribution in [0.1, 0.15) is 40.8 Å². The van der Waals surface area contributed by atoms with E-state index in [4.69, 9.17) is 0 Å². The number of aryl methyl sites for hydroxylation is 3. The normalized spacial score (nSPS) is 19.7. The number of aromatic amines is 1. The molecule has 1 aromatic carbocycles. The van der Waals surface area contributed by atoms with Crippen molar-refractivity contribution in [3.63, 3.8) is 0 Å². The number of nitrogens with one attached hydrogen (secondary N) is 2. The topological polar surface area (TPSA) is 61.0 Å². The Morgan fingerprint density at radius 1 is 1.23 bits per heavy atom. The SMILES string of the molecule is Cc1cc(C)cc(C2=CCN(C(=O)NC3CCc4cn[nH]c4C3)CC2)c1. The van der Waals surface area contributed by atoms with Crippen molar-refractivity contribution < 1.29 is 4.79 Å². The van der Waals surface area contributed by atoms with Crippen molar-refractivity contribution in [3.8, 4) is 0 Å². The molecule has 5 heteroatoms. The molecule has 2 N–H and O–H groups in total. The number of carbonyl (C=O) groups is 1. The summed E-state index contributed by atoms with van der Waals surface area (Å²) in [4.78, 5) is 14.5. The third-order valence-electron chi connectivity index (χ3n) is 5.44. The Hall–Kier alpha value is -2.56. The number of urea groups is 1. The van der Waals surface area contributed by atoms with Gasteiger partial charge < -0.3 is 10.2 Å². The highest BCUT2D eigenvalue weighted by atomic mass is 16.2. The maximum atomic E-state index is 12.6. The third-order valence-corrected chi connectivity index (χ3v) is 5.44. The van der Waals surface area contributed by atoms with Crippen LogP contribution in [0, 0.1) is 13.8 Å². The van der Waals surface area contributed by atoms with Crippen molar-refractivity contribution in [3.05, 3.63) is 58.4 Å². The van der Waals surface area contributed by atoms with Crippen molar-refractivity contribution in [1.82, 2.24) is 20.4 Å². The minimum absolute atomic E-state index is 0.0497. The number of nitrogens with zero attached hydrogens (tertiary/aromatic N) is 2. The van der Waals surface area contributed by atoms with Gasteiger partial charge in [-0.3, -0.25) is 5.10 Å². The van der Waals surface area contributed by atoms with Gasteiger partial charge in [-0.1, -0.05) is 35.4 Å². The Balaban J connectivity index is 1.37. The van der Waals surface area contributed by atoms with Crippen molar-refractivity contribution >= 4 is 11.6 Å². The minimum Gasteiger partial charge on any atom is -0.335 e. The van der Waals surface area contributed by atoms with Gasteiger partial charge in [0.15, 0.2) is 0 Å². The molecule has 26 heavy (non-hydrogen) atoms. The van der Waals surface area contributed by atoms with Crippen LogP contribution in [-0.4, -0.2) is 40.3 Å². The fourth-order valence-electron chi connectivity index (χ4n) is 4.07. The molecule has 2 aromatic rings. The Morgan fingerprint density at radius 3 is 2.77 bits per heavy atom. The quantitative estimate of drug-likeness (QED) is 0.872. The number of hydrogen-bond acceptors (Lipinski definition) is 2. The molecule has 1 atom stereocenters. The molecule has 0 saturated heterocycles. The zero-order chi connectivity index (χ0) is 18.1. The average molecular weight is 350 g/mol. The molecule has 1 aliphatic heterocycles. The van der Waals surface area contributed by atoms with Crippen LogP contribution in [0.4, 0.5) is 4.79 Å². The Kier molecular flexibility index (Phi) is 4.53. The molecule has 0 bridgehead atoms.